The Hall–Kier alpha value is -1.89. The van der Waals surface area contributed by atoms with E-state index in [0.717, 1.165) is 10.6 Å². The molecule has 0 bridgehead atoms. The lowest BCUT2D eigenvalue weighted by atomic mass is 10.3. The van der Waals surface area contributed by atoms with Crippen LogP contribution in [0.1, 0.15) is 0 Å². The summed E-state index contributed by atoms with van der Waals surface area (Å²) in [4.78, 5) is 29.0. The SMILES string of the molecule is O=C(CSc1cc(Cl)ccc1Cl)N1CCN(C(=O)Nc2ccccc2)CC1. The first-order chi connectivity index (χ1) is 13.0. The molecule has 0 radical (unpaired) electrons. The van der Waals surface area contributed by atoms with Crippen molar-refractivity contribution in [1.82, 2.24) is 9.80 Å². The summed E-state index contributed by atoms with van der Waals surface area (Å²) in [7, 11) is 0. The average Bonchev–Trinajstić information content (AvgIpc) is 2.69. The number of hydrogen-bond acceptors (Lipinski definition) is 3. The fourth-order valence-electron chi connectivity index (χ4n) is 2.70. The Labute approximate surface area is 172 Å². The number of amides is 3. The Morgan fingerprint density at radius 1 is 0.963 bits per heavy atom. The van der Waals surface area contributed by atoms with E-state index in [1.807, 2.05) is 30.3 Å². The molecule has 2 aromatic carbocycles. The van der Waals surface area contributed by atoms with E-state index in [9.17, 15) is 9.59 Å². The van der Waals surface area contributed by atoms with Crippen molar-refractivity contribution in [3.8, 4) is 0 Å². The number of carbonyl (C=O) groups excluding carboxylic acids is 2. The van der Waals surface area contributed by atoms with Crippen LogP contribution in [-0.4, -0.2) is 53.7 Å². The maximum absolute atomic E-state index is 12.4. The Bertz CT molecular complexity index is 812. The van der Waals surface area contributed by atoms with Gasteiger partial charge in [0.05, 0.1) is 10.8 Å². The van der Waals surface area contributed by atoms with Crippen molar-refractivity contribution in [2.45, 2.75) is 4.90 Å². The first-order valence-corrected chi connectivity index (χ1v) is 10.2. The fourth-order valence-corrected chi connectivity index (χ4v) is 4.10. The maximum Gasteiger partial charge on any atom is 0.321 e. The van der Waals surface area contributed by atoms with E-state index in [1.54, 1.807) is 28.0 Å². The molecular formula is C19H19Cl2N3O2S. The second-order valence-corrected chi connectivity index (χ2v) is 7.89. The molecule has 5 nitrogen and oxygen atoms in total. The molecule has 1 heterocycles. The summed E-state index contributed by atoms with van der Waals surface area (Å²) in [6, 6.07) is 14.4. The number of thioether (sulfide) groups is 1. The molecule has 0 aromatic heterocycles. The van der Waals surface area contributed by atoms with Crippen molar-refractivity contribution in [2.24, 2.45) is 0 Å². The van der Waals surface area contributed by atoms with Crippen molar-refractivity contribution in [2.75, 3.05) is 37.2 Å². The lowest BCUT2D eigenvalue weighted by molar-refractivity contribution is -0.129. The third kappa shape index (κ3) is 5.54. The van der Waals surface area contributed by atoms with E-state index in [2.05, 4.69) is 5.32 Å². The minimum Gasteiger partial charge on any atom is -0.338 e. The van der Waals surface area contributed by atoms with Gasteiger partial charge in [0.1, 0.15) is 0 Å². The molecule has 3 rings (SSSR count). The number of rotatable bonds is 4. The van der Waals surface area contributed by atoms with E-state index in [4.69, 9.17) is 23.2 Å². The number of hydrogen-bond donors (Lipinski definition) is 1. The molecule has 0 unspecified atom stereocenters. The molecule has 142 valence electrons. The van der Waals surface area contributed by atoms with Gasteiger partial charge in [-0.2, -0.15) is 0 Å². The van der Waals surface area contributed by atoms with Gasteiger partial charge in [0.25, 0.3) is 0 Å². The van der Waals surface area contributed by atoms with Crippen LogP contribution in [0, 0.1) is 0 Å². The highest BCUT2D eigenvalue weighted by Gasteiger charge is 2.24. The topological polar surface area (TPSA) is 52.7 Å². The van der Waals surface area contributed by atoms with Crippen LogP contribution in [0.25, 0.3) is 0 Å². The van der Waals surface area contributed by atoms with Gasteiger partial charge in [-0.3, -0.25) is 4.79 Å². The molecule has 3 amide bonds. The summed E-state index contributed by atoms with van der Waals surface area (Å²) in [6.45, 7) is 2.05. The number of anilines is 1. The zero-order valence-corrected chi connectivity index (χ0v) is 16.9. The van der Waals surface area contributed by atoms with Crippen LogP contribution >= 0.6 is 35.0 Å². The minimum absolute atomic E-state index is 0.0270. The third-order valence-electron chi connectivity index (χ3n) is 4.19. The molecule has 1 saturated heterocycles. The van der Waals surface area contributed by atoms with Gasteiger partial charge >= 0.3 is 6.03 Å². The van der Waals surface area contributed by atoms with Crippen molar-refractivity contribution in [3.05, 3.63) is 58.6 Å². The number of para-hydroxylation sites is 1. The van der Waals surface area contributed by atoms with Crippen LogP contribution in [-0.2, 0) is 4.79 Å². The number of carbonyl (C=O) groups is 2. The maximum atomic E-state index is 12.4. The van der Waals surface area contributed by atoms with Gasteiger partial charge in [-0.1, -0.05) is 41.4 Å². The molecule has 2 aromatic rings. The predicted octanol–water partition coefficient (Wildman–Crippen LogP) is 4.46. The number of urea groups is 1. The van der Waals surface area contributed by atoms with Crippen molar-refractivity contribution >= 4 is 52.6 Å². The summed E-state index contributed by atoms with van der Waals surface area (Å²) >= 11 is 13.5. The molecule has 27 heavy (non-hydrogen) atoms. The summed E-state index contributed by atoms with van der Waals surface area (Å²) < 4.78 is 0. The molecule has 0 saturated carbocycles. The van der Waals surface area contributed by atoms with Crippen molar-refractivity contribution in [1.29, 1.82) is 0 Å². The van der Waals surface area contributed by atoms with Crippen LogP contribution in [0.2, 0.25) is 10.0 Å². The van der Waals surface area contributed by atoms with Gasteiger partial charge in [-0.25, -0.2) is 4.79 Å². The molecule has 1 N–H and O–H groups in total. The van der Waals surface area contributed by atoms with E-state index < -0.39 is 0 Å². The lowest BCUT2D eigenvalue weighted by Gasteiger charge is -2.34. The Morgan fingerprint density at radius 3 is 2.33 bits per heavy atom. The quantitative estimate of drug-likeness (QED) is 0.738. The molecule has 1 aliphatic rings. The highest BCUT2D eigenvalue weighted by atomic mass is 35.5. The van der Waals surface area contributed by atoms with Gasteiger partial charge < -0.3 is 15.1 Å². The van der Waals surface area contributed by atoms with Crippen molar-refractivity contribution in [3.63, 3.8) is 0 Å². The van der Waals surface area contributed by atoms with Crippen LogP contribution in [0.4, 0.5) is 10.5 Å². The summed E-state index contributed by atoms with van der Waals surface area (Å²) in [5.41, 5.74) is 0.760. The zero-order valence-electron chi connectivity index (χ0n) is 14.5. The third-order valence-corrected chi connectivity index (χ3v) is 5.91. The van der Waals surface area contributed by atoms with E-state index in [1.165, 1.54) is 11.8 Å². The highest BCUT2D eigenvalue weighted by molar-refractivity contribution is 8.00. The Kier molecular flexibility index (Phi) is 6.88. The van der Waals surface area contributed by atoms with Crippen LogP contribution < -0.4 is 5.32 Å². The second-order valence-electron chi connectivity index (χ2n) is 6.03. The molecular weight excluding hydrogens is 405 g/mol. The second kappa shape index (κ2) is 9.35. The lowest BCUT2D eigenvalue weighted by Crippen LogP contribution is -2.52. The van der Waals surface area contributed by atoms with Gasteiger partial charge in [-0.15, -0.1) is 11.8 Å². The van der Waals surface area contributed by atoms with E-state index in [-0.39, 0.29) is 17.7 Å². The molecule has 1 aliphatic heterocycles. The van der Waals surface area contributed by atoms with Gasteiger partial charge in [0.15, 0.2) is 0 Å². The zero-order chi connectivity index (χ0) is 19.2. The van der Waals surface area contributed by atoms with E-state index >= 15 is 0 Å². The standard InChI is InChI=1S/C19H19Cl2N3O2S/c20-14-6-7-16(21)17(12-14)27-13-18(25)23-8-10-24(11-9-23)19(26)22-15-4-2-1-3-5-15/h1-7,12H,8-11,13H2,(H,22,26). The predicted molar refractivity (Wildman–Crippen MR) is 111 cm³/mol. The molecule has 8 heteroatoms. The Balaban J connectivity index is 1.46. The molecule has 1 fully saturated rings. The molecule has 0 spiro atoms. The van der Waals surface area contributed by atoms with Crippen LogP contribution in [0.3, 0.4) is 0 Å². The molecule has 0 aliphatic carbocycles. The van der Waals surface area contributed by atoms with Crippen LogP contribution in [0.5, 0.6) is 0 Å². The Morgan fingerprint density at radius 2 is 1.63 bits per heavy atom. The summed E-state index contributed by atoms with van der Waals surface area (Å²) in [5, 5.41) is 4.04. The van der Waals surface area contributed by atoms with Gasteiger partial charge in [-0.05, 0) is 30.3 Å². The average molecular weight is 424 g/mol. The number of nitrogens with one attached hydrogen (secondary N) is 1. The van der Waals surface area contributed by atoms with E-state index in [0.29, 0.717) is 36.2 Å². The summed E-state index contributed by atoms with van der Waals surface area (Å²) in [5.74, 6) is 0.315. The number of halogens is 2. The fraction of sp³-hybridized carbons (Fsp3) is 0.263. The number of piperazine rings is 1. The summed E-state index contributed by atoms with van der Waals surface area (Å²) in [6.07, 6.45) is 0. The van der Waals surface area contributed by atoms with Gasteiger partial charge in [0, 0.05) is 41.8 Å². The monoisotopic (exact) mass is 423 g/mol. The minimum atomic E-state index is -0.145. The smallest absolute Gasteiger partial charge is 0.321 e. The van der Waals surface area contributed by atoms with Crippen molar-refractivity contribution < 1.29 is 9.59 Å². The highest BCUT2D eigenvalue weighted by Crippen LogP contribution is 2.30. The largest absolute Gasteiger partial charge is 0.338 e. The number of benzene rings is 2. The molecule has 0 atom stereocenters. The van der Waals surface area contributed by atoms with Crippen LogP contribution in [0.15, 0.2) is 53.4 Å². The first kappa shape index (κ1) is 19.9. The number of nitrogens with zero attached hydrogens (tertiary/aromatic N) is 2. The first-order valence-electron chi connectivity index (χ1n) is 8.49. The normalized spacial score (nSPS) is 14.1. The van der Waals surface area contributed by atoms with Gasteiger partial charge in [0.2, 0.25) is 5.91 Å².